The molecule has 0 aromatic rings. The maximum atomic E-state index is 13.1. The maximum absolute atomic E-state index is 13.1. The number of ketones is 1. The molecule has 1 aliphatic carbocycles. The van der Waals surface area contributed by atoms with E-state index in [0.717, 1.165) is 12.0 Å². The molecule has 0 aliphatic heterocycles. The SMILES string of the molecule is C=C(CC)CC(=O)CC1CC1(C)F. The molecule has 1 nitrogen and oxygen atoms in total. The van der Waals surface area contributed by atoms with Gasteiger partial charge in [0.25, 0.3) is 0 Å². The second kappa shape index (κ2) is 3.60. The minimum absolute atomic E-state index is 0.0235. The first-order valence-electron chi connectivity index (χ1n) is 4.83. The van der Waals surface area contributed by atoms with Gasteiger partial charge in [0, 0.05) is 18.8 Å². The Morgan fingerprint density at radius 3 is 2.62 bits per heavy atom. The van der Waals surface area contributed by atoms with Gasteiger partial charge in [0.2, 0.25) is 0 Å². The fraction of sp³-hybridized carbons (Fsp3) is 0.727. The summed E-state index contributed by atoms with van der Waals surface area (Å²) in [5.41, 5.74) is -0.116. The minimum atomic E-state index is -1.07. The van der Waals surface area contributed by atoms with Crippen LogP contribution in [0.5, 0.6) is 0 Å². The standard InChI is InChI=1S/C11H17FO/c1-4-8(2)5-10(13)6-9-7-11(9,3)12/h9H,2,4-7H2,1,3H3. The third-order valence-corrected chi connectivity index (χ3v) is 2.76. The molecule has 0 saturated heterocycles. The van der Waals surface area contributed by atoms with Crippen molar-refractivity contribution in [3.05, 3.63) is 12.2 Å². The van der Waals surface area contributed by atoms with Crippen molar-refractivity contribution in [3.8, 4) is 0 Å². The van der Waals surface area contributed by atoms with E-state index in [2.05, 4.69) is 6.58 Å². The molecule has 1 saturated carbocycles. The summed E-state index contributed by atoms with van der Waals surface area (Å²) in [5, 5.41) is 0. The normalized spacial score (nSPS) is 31.5. The number of Topliss-reactive ketones (excluding diaryl/α,β-unsaturated/α-hetero) is 1. The van der Waals surface area contributed by atoms with Crippen LogP contribution in [0.1, 0.15) is 39.5 Å². The van der Waals surface area contributed by atoms with Gasteiger partial charge in [0.15, 0.2) is 0 Å². The molecule has 1 fully saturated rings. The Morgan fingerprint density at radius 1 is 1.69 bits per heavy atom. The smallest absolute Gasteiger partial charge is 0.137 e. The Balaban J connectivity index is 2.24. The molecule has 74 valence electrons. The summed E-state index contributed by atoms with van der Waals surface area (Å²) in [5.74, 6) is 0.114. The van der Waals surface area contributed by atoms with Crippen LogP contribution >= 0.6 is 0 Å². The van der Waals surface area contributed by atoms with Gasteiger partial charge >= 0.3 is 0 Å². The van der Waals surface area contributed by atoms with Gasteiger partial charge in [-0.15, -0.1) is 0 Å². The lowest BCUT2D eigenvalue weighted by molar-refractivity contribution is -0.119. The fourth-order valence-corrected chi connectivity index (χ4v) is 1.46. The largest absolute Gasteiger partial charge is 0.299 e. The monoisotopic (exact) mass is 184 g/mol. The summed E-state index contributed by atoms with van der Waals surface area (Å²) in [6, 6.07) is 0. The van der Waals surface area contributed by atoms with Crippen molar-refractivity contribution in [2.75, 3.05) is 0 Å². The van der Waals surface area contributed by atoms with E-state index in [1.54, 1.807) is 6.92 Å². The number of hydrogen-bond donors (Lipinski definition) is 0. The Labute approximate surface area is 79.0 Å². The van der Waals surface area contributed by atoms with Gasteiger partial charge in [-0.1, -0.05) is 19.1 Å². The third kappa shape index (κ3) is 2.94. The molecule has 0 amide bonds. The zero-order valence-electron chi connectivity index (χ0n) is 8.40. The van der Waals surface area contributed by atoms with Crippen LogP contribution in [0.25, 0.3) is 0 Å². The first-order chi connectivity index (χ1) is 5.95. The van der Waals surface area contributed by atoms with Gasteiger partial charge in [0.1, 0.15) is 11.5 Å². The Bertz CT molecular complexity index is 230. The number of alkyl halides is 1. The number of carbonyl (C=O) groups is 1. The fourth-order valence-electron chi connectivity index (χ4n) is 1.46. The van der Waals surface area contributed by atoms with Crippen LogP contribution in [0.3, 0.4) is 0 Å². The van der Waals surface area contributed by atoms with E-state index in [4.69, 9.17) is 0 Å². The highest BCUT2D eigenvalue weighted by Gasteiger charge is 2.51. The van der Waals surface area contributed by atoms with Crippen LogP contribution in [0.4, 0.5) is 4.39 Å². The van der Waals surface area contributed by atoms with E-state index in [-0.39, 0.29) is 11.7 Å². The molecule has 0 aromatic carbocycles. The molecule has 1 rings (SSSR count). The topological polar surface area (TPSA) is 17.1 Å². The molecule has 0 aromatic heterocycles. The maximum Gasteiger partial charge on any atom is 0.137 e. The second-order valence-corrected chi connectivity index (χ2v) is 4.20. The molecule has 0 heterocycles. The minimum Gasteiger partial charge on any atom is -0.299 e. The van der Waals surface area contributed by atoms with E-state index in [1.807, 2.05) is 6.92 Å². The lowest BCUT2D eigenvalue weighted by Gasteiger charge is -2.02. The zero-order valence-corrected chi connectivity index (χ0v) is 8.40. The molecule has 0 N–H and O–H groups in total. The number of hydrogen-bond acceptors (Lipinski definition) is 1. The summed E-state index contributed by atoms with van der Waals surface area (Å²) in [6.07, 6.45) is 2.22. The van der Waals surface area contributed by atoms with Crippen molar-refractivity contribution in [1.82, 2.24) is 0 Å². The molecule has 0 radical (unpaired) electrons. The van der Waals surface area contributed by atoms with Gasteiger partial charge < -0.3 is 0 Å². The van der Waals surface area contributed by atoms with Crippen molar-refractivity contribution < 1.29 is 9.18 Å². The molecule has 0 spiro atoms. The first-order valence-corrected chi connectivity index (χ1v) is 4.83. The lowest BCUT2D eigenvalue weighted by atomic mass is 10.0. The molecular formula is C11H17FO. The molecule has 2 unspecified atom stereocenters. The predicted molar refractivity (Wildman–Crippen MR) is 51.3 cm³/mol. The summed E-state index contributed by atoms with van der Waals surface area (Å²) in [7, 11) is 0. The molecule has 0 bridgehead atoms. The van der Waals surface area contributed by atoms with Crippen molar-refractivity contribution in [2.24, 2.45) is 5.92 Å². The summed E-state index contributed by atoms with van der Waals surface area (Å²) in [6.45, 7) is 7.31. The van der Waals surface area contributed by atoms with Crippen LogP contribution in [0.15, 0.2) is 12.2 Å². The van der Waals surface area contributed by atoms with Gasteiger partial charge in [-0.25, -0.2) is 4.39 Å². The van der Waals surface area contributed by atoms with Gasteiger partial charge in [0.05, 0.1) is 0 Å². The highest BCUT2D eigenvalue weighted by molar-refractivity contribution is 5.81. The molecule has 13 heavy (non-hydrogen) atoms. The molecule has 2 atom stereocenters. The van der Waals surface area contributed by atoms with E-state index < -0.39 is 5.67 Å². The second-order valence-electron chi connectivity index (χ2n) is 4.20. The van der Waals surface area contributed by atoms with Crippen LogP contribution < -0.4 is 0 Å². The van der Waals surface area contributed by atoms with Crippen molar-refractivity contribution >= 4 is 5.78 Å². The highest BCUT2D eigenvalue weighted by Crippen LogP contribution is 2.49. The zero-order chi connectivity index (χ0) is 10.1. The van der Waals surface area contributed by atoms with Crippen LogP contribution in [-0.4, -0.2) is 11.5 Å². The van der Waals surface area contributed by atoms with E-state index in [1.165, 1.54) is 0 Å². The molecule has 2 heteroatoms. The van der Waals surface area contributed by atoms with Crippen LogP contribution in [0, 0.1) is 5.92 Å². The Kier molecular flexibility index (Phi) is 2.89. The quantitative estimate of drug-likeness (QED) is 0.600. The Hall–Kier alpha value is -0.660. The van der Waals surface area contributed by atoms with Crippen LogP contribution in [0.2, 0.25) is 0 Å². The summed E-state index contributed by atoms with van der Waals surface area (Å²) < 4.78 is 13.1. The molecular weight excluding hydrogens is 167 g/mol. The van der Waals surface area contributed by atoms with Crippen LogP contribution in [-0.2, 0) is 4.79 Å². The Morgan fingerprint density at radius 2 is 2.23 bits per heavy atom. The average Bonchev–Trinajstić information content (AvgIpc) is 2.58. The summed E-state index contributed by atoms with van der Waals surface area (Å²) >= 11 is 0. The lowest BCUT2D eigenvalue weighted by Crippen LogP contribution is -2.04. The third-order valence-electron chi connectivity index (χ3n) is 2.76. The van der Waals surface area contributed by atoms with Gasteiger partial charge in [-0.05, 0) is 19.8 Å². The van der Waals surface area contributed by atoms with Crippen molar-refractivity contribution in [1.29, 1.82) is 0 Å². The predicted octanol–water partition coefficient (Wildman–Crippen LogP) is 3.05. The van der Waals surface area contributed by atoms with Gasteiger partial charge in [-0.3, -0.25) is 4.79 Å². The van der Waals surface area contributed by atoms with E-state index in [0.29, 0.717) is 19.3 Å². The van der Waals surface area contributed by atoms with E-state index >= 15 is 0 Å². The van der Waals surface area contributed by atoms with Gasteiger partial charge in [-0.2, -0.15) is 0 Å². The molecule has 1 aliphatic rings. The van der Waals surface area contributed by atoms with E-state index in [9.17, 15) is 9.18 Å². The number of carbonyl (C=O) groups excluding carboxylic acids is 1. The number of halogens is 1. The first kappa shape index (κ1) is 10.4. The average molecular weight is 184 g/mol. The number of rotatable bonds is 5. The number of allylic oxidation sites excluding steroid dienone is 1. The van der Waals surface area contributed by atoms with Crippen molar-refractivity contribution in [2.45, 2.75) is 45.2 Å². The summed E-state index contributed by atoms with van der Waals surface area (Å²) in [4.78, 5) is 11.3. The highest BCUT2D eigenvalue weighted by atomic mass is 19.1. The van der Waals surface area contributed by atoms with Crippen molar-refractivity contribution in [3.63, 3.8) is 0 Å².